The van der Waals surface area contributed by atoms with E-state index in [4.69, 9.17) is 0 Å². The van der Waals surface area contributed by atoms with Gasteiger partial charge in [-0.25, -0.2) is 3.21 Å². The van der Waals surface area contributed by atoms with Gasteiger partial charge in [0, 0.05) is 6.21 Å². The molecule has 0 aliphatic rings. The highest BCUT2D eigenvalue weighted by Crippen LogP contribution is 1.80. The third kappa shape index (κ3) is 6.14. The lowest BCUT2D eigenvalue weighted by Gasteiger charge is -1.69. The first-order valence-electron chi connectivity index (χ1n) is 2.21. The molecule has 7 heavy (non-hydrogen) atoms. The summed E-state index contributed by atoms with van der Waals surface area (Å²) in [7, 11) is 0. The third-order valence-electron chi connectivity index (χ3n) is 0.514. The predicted molar refractivity (Wildman–Crippen MR) is 41.9 cm³/mol. The number of hydrogen-bond acceptors (Lipinski definition) is 1. The van der Waals surface area contributed by atoms with Crippen LogP contribution in [-0.2, 0) is 0 Å². The summed E-state index contributed by atoms with van der Waals surface area (Å²) >= 11 is 1.95. The molecule has 0 bridgehead atoms. The summed E-state index contributed by atoms with van der Waals surface area (Å²) in [6, 6.07) is 0. The Kier molecular flexibility index (Phi) is 6.26. The van der Waals surface area contributed by atoms with Crippen LogP contribution in [0.4, 0.5) is 0 Å². The molecule has 0 saturated carbocycles. The van der Waals surface area contributed by atoms with E-state index in [-0.39, 0.29) is 0 Å². The van der Waals surface area contributed by atoms with Crippen molar-refractivity contribution in [1.82, 2.24) is 0 Å². The molecule has 0 aliphatic heterocycles. The van der Waals surface area contributed by atoms with Crippen LogP contribution < -0.4 is 0 Å². The highest BCUT2D eigenvalue weighted by atomic mass is 127. The molecule has 0 aromatic carbocycles. The minimum absolute atomic E-state index is 1.09. The lowest BCUT2D eigenvalue weighted by Crippen LogP contribution is -1.56. The Morgan fingerprint density at radius 1 is 1.71 bits per heavy atom. The smallest absolute Gasteiger partial charge is 0.0830 e. The lowest BCUT2D eigenvalue weighted by molar-refractivity contribution is 1.23. The normalized spacial score (nSPS) is 11.7. The fraction of sp³-hybridized carbons (Fsp3) is 0.400. The Bertz CT molecular complexity index is 76.1. The van der Waals surface area contributed by atoms with Gasteiger partial charge in [0.05, 0.1) is 22.9 Å². The average molecular weight is 209 g/mol. The summed E-state index contributed by atoms with van der Waals surface area (Å²) in [6.45, 7) is 2.09. The van der Waals surface area contributed by atoms with Crippen LogP contribution in [0.15, 0.2) is 15.4 Å². The Morgan fingerprint density at radius 3 is 2.86 bits per heavy atom. The van der Waals surface area contributed by atoms with Gasteiger partial charge in [-0.05, 0) is 12.5 Å². The monoisotopic (exact) mass is 209 g/mol. The van der Waals surface area contributed by atoms with Gasteiger partial charge in [0.25, 0.3) is 0 Å². The second-order valence-electron chi connectivity index (χ2n) is 1.08. The van der Waals surface area contributed by atoms with Gasteiger partial charge in [0.2, 0.25) is 0 Å². The molecule has 0 aromatic heterocycles. The zero-order valence-electron chi connectivity index (χ0n) is 4.26. The highest BCUT2D eigenvalue weighted by molar-refractivity contribution is 14.1. The molecular formula is C5H8IN. The minimum Gasteiger partial charge on any atom is -0.223 e. The number of halogens is 1. The van der Waals surface area contributed by atoms with Gasteiger partial charge in [0.15, 0.2) is 0 Å². The fourth-order valence-corrected chi connectivity index (χ4v) is 0.415. The first-order valence-corrected chi connectivity index (χ1v) is 3.17. The molecule has 0 fully saturated rings. The third-order valence-corrected chi connectivity index (χ3v) is 0.836. The first-order chi connectivity index (χ1) is 3.41. The maximum absolute atomic E-state index is 3.73. The molecule has 0 amide bonds. The second-order valence-corrected chi connectivity index (χ2v) is 1.64. The van der Waals surface area contributed by atoms with Crippen molar-refractivity contribution in [3.8, 4) is 0 Å². The van der Waals surface area contributed by atoms with E-state index in [1.807, 2.05) is 28.9 Å². The van der Waals surface area contributed by atoms with Crippen molar-refractivity contribution in [3.05, 3.63) is 12.2 Å². The van der Waals surface area contributed by atoms with Crippen molar-refractivity contribution in [2.75, 3.05) is 0 Å². The van der Waals surface area contributed by atoms with Crippen LogP contribution >= 0.6 is 22.9 Å². The Labute approximate surface area is 58.0 Å². The Morgan fingerprint density at radius 2 is 2.43 bits per heavy atom. The van der Waals surface area contributed by atoms with Crippen molar-refractivity contribution < 1.29 is 0 Å². The summed E-state index contributed by atoms with van der Waals surface area (Å²) < 4.78 is 3.73. The lowest BCUT2D eigenvalue weighted by atomic mass is 10.4. The maximum Gasteiger partial charge on any atom is 0.0830 e. The molecule has 0 aliphatic carbocycles. The summed E-state index contributed by atoms with van der Waals surface area (Å²) in [4.78, 5) is 0. The largest absolute Gasteiger partial charge is 0.223 e. The number of nitrogens with zero attached hydrogens (tertiary/aromatic N) is 1. The number of rotatable bonds is 2. The molecule has 0 radical (unpaired) electrons. The molecule has 40 valence electrons. The van der Waals surface area contributed by atoms with Gasteiger partial charge < -0.3 is 0 Å². The molecule has 0 N–H and O–H groups in total. The van der Waals surface area contributed by atoms with E-state index in [1.165, 1.54) is 0 Å². The van der Waals surface area contributed by atoms with Crippen molar-refractivity contribution in [2.45, 2.75) is 13.3 Å². The molecule has 0 heterocycles. The maximum atomic E-state index is 3.73. The highest BCUT2D eigenvalue weighted by Gasteiger charge is 1.59. The molecule has 2 heteroatoms. The molecule has 0 saturated heterocycles. The topological polar surface area (TPSA) is 12.4 Å². The van der Waals surface area contributed by atoms with Gasteiger partial charge in [0.1, 0.15) is 0 Å². The number of hydrogen-bond donors (Lipinski definition) is 0. The van der Waals surface area contributed by atoms with Crippen molar-refractivity contribution in [3.63, 3.8) is 0 Å². The van der Waals surface area contributed by atoms with Crippen molar-refractivity contribution in [1.29, 1.82) is 0 Å². The fourth-order valence-electron chi connectivity index (χ4n) is 0.229. The quantitative estimate of drug-likeness (QED) is 0.489. The van der Waals surface area contributed by atoms with Gasteiger partial charge in [-0.1, -0.05) is 13.0 Å². The Balaban J connectivity index is 3.09. The van der Waals surface area contributed by atoms with E-state index in [0.717, 1.165) is 6.42 Å². The van der Waals surface area contributed by atoms with Gasteiger partial charge in [-0.15, -0.1) is 0 Å². The zero-order valence-corrected chi connectivity index (χ0v) is 6.42. The summed E-state index contributed by atoms with van der Waals surface area (Å²) in [6.07, 6.45) is 6.85. The van der Waals surface area contributed by atoms with Gasteiger partial charge in [-0.3, -0.25) is 0 Å². The molecule has 0 spiro atoms. The predicted octanol–water partition coefficient (Wildman–Crippen LogP) is 2.37. The van der Waals surface area contributed by atoms with Crippen LogP contribution in [0.25, 0.3) is 0 Å². The molecule has 0 unspecified atom stereocenters. The van der Waals surface area contributed by atoms with E-state index in [0.29, 0.717) is 0 Å². The SMILES string of the molecule is CC/C=C\C=NI. The average Bonchev–Trinajstić information content (AvgIpc) is 1.69. The van der Waals surface area contributed by atoms with E-state index in [2.05, 4.69) is 16.2 Å². The van der Waals surface area contributed by atoms with E-state index < -0.39 is 0 Å². The number of allylic oxidation sites excluding steroid dienone is 2. The van der Waals surface area contributed by atoms with Crippen LogP contribution in [0.3, 0.4) is 0 Å². The molecular weight excluding hydrogens is 201 g/mol. The molecule has 0 rings (SSSR count). The van der Waals surface area contributed by atoms with Crippen LogP contribution in [0.1, 0.15) is 13.3 Å². The molecule has 0 aromatic rings. The van der Waals surface area contributed by atoms with Gasteiger partial charge >= 0.3 is 0 Å². The molecule has 0 atom stereocenters. The Hall–Kier alpha value is 0.140. The molecule has 1 nitrogen and oxygen atoms in total. The summed E-state index contributed by atoms with van der Waals surface area (Å²) in [5.41, 5.74) is 0. The summed E-state index contributed by atoms with van der Waals surface area (Å²) in [5, 5.41) is 0. The van der Waals surface area contributed by atoms with Gasteiger partial charge in [-0.2, -0.15) is 0 Å². The second kappa shape index (κ2) is 6.14. The van der Waals surface area contributed by atoms with E-state index in [1.54, 1.807) is 6.21 Å². The standard InChI is InChI=1S/C5H8IN/c1-2-3-4-5-7-6/h3-5H,2H2,1H3/b4-3-,7-5?. The first kappa shape index (κ1) is 7.14. The van der Waals surface area contributed by atoms with E-state index in [9.17, 15) is 0 Å². The minimum atomic E-state index is 1.09. The van der Waals surface area contributed by atoms with Crippen LogP contribution in [0, 0.1) is 0 Å². The van der Waals surface area contributed by atoms with Crippen molar-refractivity contribution >= 4 is 29.1 Å². The summed E-state index contributed by atoms with van der Waals surface area (Å²) in [5.74, 6) is 0. The zero-order chi connectivity index (χ0) is 5.54. The van der Waals surface area contributed by atoms with Crippen LogP contribution in [-0.4, -0.2) is 6.21 Å². The van der Waals surface area contributed by atoms with E-state index >= 15 is 0 Å². The van der Waals surface area contributed by atoms with Crippen LogP contribution in [0.5, 0.6) is 0 Å². The van der Waals surface area contributed by atoms with Crippen LogP contribution in [0.2, 0.25) is 0 Å². The van der Waals surface area contributed by atoms with Crippen molar-refractivity contribution in [2.24, 2.45) is 3.21 Å².